The minimum Gasteiger partial charge on any atom is -0.494 e. The van der Waals surface area contributed by atoms with Gasteiger partial charge in [0.1, 0.15) is 5.75 Å². The number of carbonyl (C=O) groups is 2. The lowest BCUT2D eigenvalue weighted by Crippen LogP contribution is -2.37. The summed E-state index contributed by atoms with van der Waals surface area (Å²) in [7, 11) is 1.32. The molecule has 0 radical (unpaired) electrons. The maximum absolute atomic E-state index is 11.5. The molecule has 0 spiro atoms. The Bertz CT molecular complexity index is 521. The molecule has 24 heavy (non-hydrogen) atoms. The number of ether oxygens (including phenoxy) is 2. The molecule has 0 aliphatic rings. The summed E-state index contributed by atoms with van der Waals surface area (Å²) < 4.78 is 10.1. The van der Waals surface area contributed by atoms with Crippen LogP contribution in [-0.4, -0.2) is 38.8 Å². The van der Waals surface area contributed by atoms with Gasteiger partial charge in [0.2, 0.25) is 0 Å². The zero-order valence-electron chi connectivity index (χ0n) is 15.0. The fourth-order valence-corrected chi connectivity index (χ4v) is 1.96. The van der Waals surface area contributed by atoms with Gasteiger partial charge in [-0.2, -0.15) is 0 Å². The Morgan fingerprint density at radius 1 is 1.04 bits per heavy atom. The normalized spacial score (nSPS) is 10.8. The van der Waals surface area contributed by atoms with Crippen LogP contribution in [-0.2, 0) is 14.9 Å². The van der Waals surface area contributed by atoms with Crippen LogP contribution in [0.3, 0.4) is 0 Å². The fraction of sp³-hybridized carbons (Fsp3) is 0.556. The molecule has 1 aromatic rings. The molecule has 0 atom stereocenters. The number of carbonyl (C=O) groups excluding carboxylic acids is 2. The van der Waals surface area contributed by atoms with E-state index in [2.05, 4.69) is 48.3 Å². The number of hydrogen-bond acceptors (Lipinski definition) is 4. The average Bonchev–Trinajstić information content (AvgIpc) is 2.54. The van der Waals surface area contributed by atoms with Gasteiger partial charge in [-0.25, -0.2) is 4.79 Å². The summed E-state index contributed by atoms with van der Waals surface area (Å²) in [4.78, 5) is 22.4. The molecule has 0 fully saturated rings. The van der Waals surface area contributed by atoms with E-state index in [1.54, 1.807) is 0 Å². The number of rotatable bonds is 8. The van der Waals surface area contributed by atoms with Gasteiger partial charge in [0.05, 0.1) is 20.1 Å². The van der Waals surface area contributed by atoms with E-state index in [4.69, 9.17) is 4.74 Å². The van der Waals surface area contributed by atoms with Crippen LogP contribution < -0.4 is 15.4 Å². The van der Waals surface area contributed by atoms with Crippen LogP contribution in [0.5, 0.6) is 5.75 Å². The van der Waals surface area contributed by atoms with Crippen molar-refractivity contribution in [3.8, 4) is 5.75 Å². The second-order valence-electron chi connectivity index (χ2n) is 6.49. The van der Waals surface area contributed by atoms with Crippen molar-refractivity contribution in [1.82, 2.24) is 10.6 Å². The Balaban J connectivity index is 2.13. The minimum absolute atomic E-state index is 0.129. The molecule has 6 heteroatoms. The van der Waals surface area contributed by atoms with Crippen LogP contribution in [0.4, 0.5) is 4.79 Å². The second-order valence-corrected chi connectivity index (χ2v) is 6.49. The molecule has 1 rings (SSSR count). The third-order valence-corrected chi connectivity index (χ3v) is 3.44. The molecule has 0 aliphatic carbocycles. The van der Waals surface area contributed by atoms with Crippen molar-refractivity contribution in [3.05, 3.63) is 29.8 Å². The van der Waals surface area contributed by atoms with Crippen molar-refractivity contribution < 1.29 is 19.1 Å². The molecule has 134 valence electrons. The highest BCUT2D eigenvalue weighted by atomic mass is 16.5. The van der Waals surface area contributed by atoms with Crippen molar-refractivity contribution in [3.63, 3.8) is 0 Å². The maximum atomic E-state index is 11.5. The molecule has 1 aromatic carbocycles. The molecular weight excluding hydrogens is 308 g/mol. The standard InChI is InChI=1S/C18H28N2O4/c1-18(2,3)14-6-8-15(9-7-14)24-13-5-11-19-17(22)20-12-10-16(21)23-4/h6-9H,5,10-13H2,1-4H3,(H2,19,20,22). The van der Waals surface area contributed by atoms with E-state index in [0.717, 1.165) is 5.75 Å². The highest BCUT2D eigenvalue weighted by Gasteiger charge is 2.12. The first-order valence-corrected chi connectivity index (χ1v) is 8.15. The zero-order valence-corrected chi connectivity index (χ0v) is 15.0. The quantitative estimate of drug-likeness (QED) is 0.565. The first-order chi connectivity index (χ1) is 11.3. The van der Waals surface area contributed by atoms with Gasteiger partial charge >= 0.3 is 12.0 Å². The fourth-order valence-electron chi connectivity index (χ4n) is 1.96. The summed E-state index contributed by atoms with van der Waals surface area (Å²) in [5, 5.41) is 5.29. The van der Waals surface area contributed by atoms with Gasteiger partial charge in [0.15, 0.2) is 0 Å². The van der Waals surface area contributed by atoms with Crippen molar-refractivity contribution in [1.29, 1.82) is 0 Å². The Morgan fingerprint density at radius 3 is 2.25 bits per heavy atom. The monoisotopic (exact) mass is 336 g/mol. The maximum Gasteiger partial charge on any atom is 0.314 e. The molecule has 0 saturated heterocycles. The Hall–Kier alpha value is -2.24. The third-order valence-electron chi connectivity index (χ3n) is 3.44. The third kappa shape index (κ3) is 7.85. The Morgan fingerprint density at radius 2 is 1.67 bits per heavy atom. The lowest BCUT2D eigenvalue weighted by molar-refractivity contribution is -0.140. The lowest BCUT2D eigenvalue weighted by atomic mass is 9.87. The molecule has 0 heterocycles. The molecule has 0 saturated carbocycles. The van der Waals surface area contributed by atoms with Crippen LogP contribution >= 0.6 is 0 Å². The van der Waals surface area contributed by atoms with Crippen LogP contribution in [0.15, 0.2) is 24.3 Å². The molecule has 6 nitrogen and oxygen atoms in total. The van der Waals surface area contributed by atoms with E-state index in [1.165, 1.54) is 12.7 Å². The predicted molar refractivity (Wildman–Crippen MR) is 93.3 cm³/mol. The summed E-state index contributed by atoms with van der Waals surface area (Å²) in [6.45, 7) is 7.80. The summed E-state index contributed by atoms with van der Waals surface area (Å²) in [6.07, 6.45) is 0.864. The first-order valence-electron chi connectivity index (χ1n) is 8.15. The van der Waals surface area contributed by atoms with Crippen molar-refractivity contribution in [2.45, 2.75) is 39.0 Å². The lowest BCUT2D eigenvalue weighted by Gasteiger charge is -2.19. The molecule has 0 unspecified atom stereocenters. The first kappa shape index (κ1) is 19.8. The number of nitrogens with one attached hydrogen (secondary N) is 2. The van der Waals surface area contributed by atoms with E-state index in [1.807, 2.05) is 12.1 Å². The number of amides is 2. The van der Waals surface area contributed by atoms with Gasteiger partial charge in [0.25, 0.3) is 0 Å². The van der Waals surface area contributed by atoms with Gasteiger partial charge in [-0.3, -0.25) is 4.79 Å². The number of hydrogen-bond donors (Lipinski definition) is 2. The highest BCUT2D eigenvalue weighted by molar-refractivity contribution is 5.75. The highest BCUT2D eigenvalue weighted by Crippen LogP contribution is 2.24. The van der Waals surface area contributed by atoms with E-state index in [9.17, 15) is 9.59 Å². The van der Waals surface area contributed by atoms with Gasteiger partial charge in [-0.05, 0) is 29.5 Å². The van der Waals surface area contributed by atoms with E-state index in [0.29, 0.717) is 19.6 Å². The van der Waals surface area contributed by atoms with E-state index in [-0.39, 0.29) is 30.4 Å². The molecule has 0 bridgehead atoms. The smallest absolute Gasteiger partial charge is 0.314 e. The van der Waals surface area contributed by atoms with Crippen molar-refractivity contribution >= 4 is 12.0 Å². The summed E-state index contributed by atoms with van der Waals surface area (Å²) in [5.74, 6) is 0.478. The molecular formula is C18H28N2O4. The van der Waals surface area contributed by atoms with E-state index < -0.39 is 0 Å². The van der Waals surface area contributed by atoms with Crippen LogP contribution in [0.25, 0.3) is 0 Å². The predicted octanol–water partition coefficient (Wildman–Crippen LogP) is 2.62. The van der Waals surface area contributed by atoms with Crippen LogP contribution in [0, 0.1) is 0 Å². The van der Waals surface area contributed by atoms with Crippen LogP contribution in [0.2, 0.25) is 0 Å². The summed E-state index contributed by atoms with van der Waals surface area (Å²) in [6, 6.07) is 7.78. The molecule has 2 amide bonds. The molecule has 2 N–H and O–H groups in total. The van der Waals surface area contributed by atoms with Gasteiger partial charge in [-0.1, -0.05) is 32.9 Å². The number of methoxy groups -OCH3 is 1. The van der Waals surface area contributed by atoms with Gasteiger partial charge < -0.3 is 20.1 Å². The minimum atomic E-state index is -0.346. The molecule has 0 aromatic heterocycles. The SMILES string of the molecule is COC(=O)CCNC(=O)NCCCOc1ccc(C(C)(C)C)cc1. The number of benzene rings is 1. The Kier molecular flexibility index (Phi) is 8.09. The van der Waals surface area contributed by atoms with Crippen molar-refractivity contribution in [2.24, 2.45) is 0 Å². The average molecular weight is 336 g/mol. The molecule has 0 aliphatic heterocycles. The van der Waals surface area contributed by atoms with Crippen LogP contribution in [0.1, 0.15) is 39.2 Å². The number of urea groups is 1. The van der Waals surface area contributed by atoms with E-state index >= 15 is 0 Å². The summed E-state index contributed by atoms with van der Waals surface area (Å²) in [5.41, 5.74) is 1.39. The van der Waals surface area contributed by atoms with Gasteiger partial charge in [0, 0.05) is 13.1 Å². The zero-order chi connectivity index (χ0) is 18.0. The Labute approximate surface area is 143 Å². The summed E-state index contributed by atoms with van der Waals surface area (Å²) >= 11 is 0. The van der Waals surface area contributed by atoms with Crippen molar-refractivity contribution in [2.75, 3.05) is 26.8 Å². The topological polar surface area (TPSA) is 76.7 Å². The largest absolute Gasteiger partial charge is 0.494 e. The number of esters is 1. The van der Waals surface area contributed by atoms with Gasteiger partial charge in [-0.15, -0.1) is 0 Å². The second kappa shape index (κ2) is 9.80.